The molecule has 0 unspecified atom stereocenters. The summed E-state index contributed by atoms with van der Waals surface area (Å²) in [5.41, 5.74) is 3.84. The lowest BCUT2D eigenvalue weighted by Gasteiger charge is -2.16. The standard InChI is InChI=1S/C23H24N2O3/c1-16-21(20(28-25-16)14-13-17-9-5-3-6-10-17)23-24-19(15-26-2)22(27-23)18-11-7-4-8-12-18/h3-12,14,19,22,24H,13,15H2,1-2H3/b20-14-,23-21+/t19-,22-/m0/s1. The van der Waals surface area contributed by atoms with Crippen LogP contribution in [0.3, 0.4) is 0 Å². The van der Waals surface area contributed by atoms with Crippen LogP contribution in [0.2, 0.25) is 0 Å². The minimum absolute atomic E-state index is 0.0127. The molecule has 1 aliphatic rings. The first-order chi connectivity index (χ1) is 13.8. The SMILES string of the molecule is COC[C@@H]1N/C(=c2/c(C)no/c2=C\Cc2ccccc2)O[C@H]1c1ccccc1. The van der Waals surface area contributed by atoms with Gasteiger partial charge in [-0.3, -0.25) is 0 Å². The lowest BCUT2D eigenvalue weighted by Crippen LogP contribution is -2.34. The Bertz CT molecular complexity index is 1030. The van der Waals surface area contributed by atoms with Crippen molar-refractivity contribution in [2.24, 2.45) is 0 Å². The zero-order valence-electron chi connectivity index (χ0n) is 16.1. The molecule has 28 heavy (non-hydrogen) atoms. The second-order valence-corrected chi connectivity index (χ2v) is 6.89. The normalized spacial score (nSPS) is 21.4. The van der Waals surface area contributed by atoms with E-state index < -0.39 is 0 Å². The van der Waals surface area contributed by atoms with Crippen LogP contribution in [0.25, 0.3) is 12.0 Å². The molecule has 4 rings (SSSR count). The van der Waals surface area contributed by atoms with Crippen LogP contribution in [0.4, 0.5) is 0 Å². The van der Waals surface area contributed by atoms with E-state index in [9.17, 15) is 0 Å². The highest BCUT2D eigenvalue weighted by molar-refractivity contribution is 5.43. The van der Waals surface area contributed by atoms with Crippen molar-refractivity contribution in [2.75, 3.05) is 13.7 Å². The van der Waals surface area contributed by atoms with Crippen molar-refractivity contribution in [1.82, 2.24) is 10.5 Å². The molecule has 3 aromatic rings. The molecule has 5 nitrogen and oxygen atoms in total. The highest BCUT2D eigenvalue weighted by atomic mass is 16.5. The van der Waals surface area contributed by atoms with Gasteiger partial charge in [0.2, 0.25) is 5.88 Å². The van der Waals surface area contributed by atoms with Gasteiger partial charge in [-0.25, -0.2) is 0 Å². The summed E-state index contributed by atoms with van der Waals surface area (Å²) in [6.45, 7) is 2.47. The molecular formula is C23H24N2O3. The highest BCUT2D eigenvalue weighted by Crippen LogP contribution is 2.30. The van der Waals surface area contributed by atoms with E-state index in [1.165, 1.54) is 5.56 Å². The van der Waals surface area contributed by atoms with Gasteiger partial charge in [0, 0.05) is 7.11 Å². The van der Waals surface area contributed by atoms with Gasteiger partial charge in [-0.1, -0.05) is 65.8 Å². The molecule has 1 fully saturated rings. The van der Waals surface area contributed by atoms with Gasteiger partial charge in [0.25, 0.3) is 0 Å². The fourth-order valence-corrected chi connectivity index (χ4v) is 3.50. The summed E-state index contributed by atoms with van der Waals surface area (Å²) in [6, 6.07) is 20.5. The Kier molecular flexibility index (Phi) is 5.44. The molecule has 144 valence electrons. The number of benzene rings is 2. The second kappa shape index (κ2) is 8.31. The number of aromatic nitrogens is 1. The van der Waals surface area contributed by atoms with Gasteiger partial charge in [-0.05, 0) is 30.5 Å². The van der Waals surface area contributed by atoms with Crippen molar-refractivity contribution >= 4 is 12.0 Å². The molecule has 0 radical (unpaired) electrons. The smallest absolute Gasteiger partial charge is 0.201 e. The molecule has 2 heterocycles. The Balaban J connectivity index is 1.72. The monoisotopic (exact) mass is 376 g/mol. The average Bonchev–Trinajstić information content (AvgIpc) is 3.31. The molecule has 1 N–H and O–H groups in total. The highest BCUT2D eigenvalue weighted by Gasteiger charge is 2.34. The number of nitrogens with zero attached hydrogens (tertiary/aromatic N) is 1. The zero-order valence-corrected chi connectivity index (χ0v) is 16.1. The Morgan fingerprint density at radius 3 is 2.50 bits per heavy atom. The van der Waals surface area contributed by atoms with Gasteiger partial charge in [-0.2, -0.15) is 0 Å². The van der Waals surface area contributed by atoms with Crippen molar-refractivity contribution in [2.45, 2.75) is 25.5 Å². The van der Waals surface area contributed by atoms with E-state index in [2.05, 4.69) is 34.7 Å². The third-order valence-electron chi connectivity index (χ3n) is 4.88. The molecule has 0 spiro atoms. The Morgan fingerprint density at radius 1 is 1.07 bits per heavy atom. The number of methoxy groups -OCH3 is 1. The lowest BCUT2D eigenvalue weighted by molar-refractivity contribution is 0.118. The van der Waals surface area contributed by atoms with Crippen LogP contribution in [0.15, 0.2) is 65.2 Å². The Morgan fingerprint density at radius 2 is 1.79 bits per heavy atom. The maximum atomic E-state index is 6.34. The third kappa shape index (κ3) is 3.80. The van der Waals surface area contributed by atoms with Crippen LogP contribution >= 0.6 is 0 Å². The van der Waals surface area contributed by atoms with E-state index in [4.69, 9.17) is 14.0 Å². The predicted molar refractivity (Wildman–Crippen MR) is 108 cm³/mol. The van der Waals surface area contributed by atoms with Crippen LogP contribution < -0.4 is 16.0 Å². The number of hydrogen-bond acceptors (Lipinski definition) is 5. The summed E-state index contributed by atoms with van der Waals surface area (Å²) in [4.78, 5) is 0. The first-order valence-electron chi connectivity index (χ1n) is 9.44. The van der Waals surface area contributed by atoms with Gasteiger partial charge in [0.1, 0.15) is 11.3 Å². The largest absolute Gasteiger partial charge is 0.468 e. The van der Waals surface area contributed by atoms with E-state index in [0.717, 1.165) is 22.9 Å². The van der Waals surface area contributed by atoms with Crippen molar-refractivity contribution < 1.29 is 14.0 Å². The fourth-order valence-electron chi connectivity index (χ4n) is 3.50. The van der Waals surface area contributed by atoms with E-state index >= 15 is 0 Å². The number of ether oxygens (including phenoxy) is 2. The van der Waals surface area contributed by atoms with E-state index in [1.54, 1.807) is 7.11 Å². The maximum Gasteiger partial charge on any atom is 0.201 e. The zero-order chi connectivity index (χ0) is 19.3. The summed E-state index contributed by atoms with van der Waals surface area (Å²) in [5, 5.41) is 8.51. The molecule has 1 saturated heterocycles. The fraction of sp³-hybridized carbons (Fsp3) is 0.261. The number of aryl methyl sites for hydroxylation is 1. The van der Waals surface area contributed by atoms with Gasteiger partial charge < -0.3 is 19.3 Å². The molecule has 0 bridgehead atoms. The number of hydrogen-bond donors (Lipinski definition) is 1. The van der Waals surface area contributed by atoms with E-state index in [1.807, 2.05) is 49.4 Å². The van der Waals surface area contributed by atoms with Crippen molar-refractivity contribution in [3.05, 3.63) is 88.1 Å². The third-order valence-corrected chi connectivity index (χ3v) is 4.88. The first-order valence-corrected chi connectivity index (χ1v) is 9.44. The average molecular weight is 376 g/mol. The molecule has 2 atom stereocenters. The maximum absolute atomic E-state index is 6.34. The summed E-state index contributed by atoms with van der Waals surface area (Å²) in [7, 11) is 1.70. The second-order valence-electron chi connectivity index (χ2n) is 6.89. The van der Waals surface area contributed by atoms with Crippen LogP contribution in [0, 0.1) is 6.92 Å². The molecule has 0 saturated carbocycles. The van der Waals surface area contributed by atoms with Crippen LogP contribution in [-0.4, -0.2) is 24.9 Å². The summed E-state index contributed by atoms with van der Waals surface area (Å²) in [6.07, 6.45) is 2.68. The van der Waals surface area contributed by atoms with Crippen molar-refractivity contribution in [3.8, 4) is 0 Å². The van der Waals surface area contributed by atoms with Gasteiger partial charge in [0.05, 0.1) is 18.3 Å². The predicted octanol–water partition coefficient (Wildman–Crippen LogP) is 2.45. The van der Waals surface area contributed by atoms with Crippen LogP contribution in [0.5, 0.6) is 0 Å². The van der Waals surface area contributed by atoms with E-state index in [0.29, 0.717) is 17.9 Å². The molecule has 1 aliphatic heterocycles. The summed E-state index contributed by atoms with van der Waals surface area (Å²) >= 11 is 0. The van der Waals surface area contributed by atoms with Gasteiger partial charge in [-0.15, -0.1) is 0 Å². The van der Waals surface area contributed by atoms with Gasteiger partial charge in [0.15, 0.2) is 5.42 Å². The summed E-state index contributed by atoms with van der Waals surface area (Å²) in [5.74, 6) is 0.689. The lowest BCUT2D eigenvalue weighted by atomic mass is 10.0. The first kappa shape index (κ1) is 18.3. The van der Waals surface area contributed by atoms with Crippen LogP contribution in [0.1, 0.15) is 22.9 Å². The minimum atomic E-state index is -0.132. The Hall–Kier alpha value is -3.05. The summed E-state index contributed by atoms with van der Waals surface area (Å²) < 4.78 is 17.3. The molecule has 5 heteroatoms. The molecule has 0 amide bonds. The van der Waals surface area contributed by atoms with Crippen molar-refractivity contribution in [1.29, 1.82) is 0 Å². The van der Waals surface area contributed by atoms with Gasteiger partial charge >= 0.3 is 0 Å². The number of rotatable bonds is 5. The molecule has 2 aromatic carbocycles. The minimum Gasteiger partial charge on any atom is -0.468 e. The number of nitrogens with one attached hydrogen (secondary N) is 1. The van der Waals surface area contributed by atoms with Crippen molar-refractivity contribution in [3.63, 3.8) is 0 Å². The quantitative estimate of drug-likeness (QED) is 0.741. The molecular weight excluding hydrogens is 352 g/mol. The Labute approximate surface area is 164 Å². The van der Waals surface area contributed by atoms with Crippen LogP contribution in [-0.2, 0) is 15.9 Å². The molecule has 0 aliphatic carbocycles. The molecule has 1 aromatic heterocycles. The van der Waals surface area contributed by atoms with E-state index in [-0.39, 0.29) is 12.1 Å². The topological polar surface area (TPSA) is 56.5 Å².